The van der Waals surface area contributed by atoms with Crippen molar-refractivity contribution in [3.05, 3.63) is 18.2 Å². The zero-order valence-electron chi connectivity index (χ0n) is 11.1. The molecule has 2 aromatic rings. The quantitative estimate of drug-likeness (QED) is 0.851. The SMILES string of the molecule is Cc1nnc2c(N3CCOC(CC(=O)O)C3)nccn12. The molecule has 1 fully saturated rings. The lowest BCUT2D eigenvalue weighted by Gasteiger charge is -2.32. The first-order chi connectivity index (χ1) is 9.65. The minimum atomic E-state index is -0.860. The molecule has 3 heterocycles. The van der Waals surface area contributed by atoms with E-state index in [0.29, 0.717) is 31.2 Å². The molecule has 1 aliphatic heterocycles. The van der Waals surface area contributed by atoms with Crippen LogP contribution in [0.1, 0.15) is 12.2 Å². The van der Waals surface area contributed by atoms with E-state index in [1.165, 1.54) is 0 Å². The number of hydrogen-bond acceptors (Lipinski definition) is 6. The van der Waals surface area contributed by atoms with E-state index in [0.717, 1.165) is 5.82 Å². The number of hydrogen-bond donors (Lipinski definition) is 1. The van der Waals surface area contributed by atoms with Crippen LogP contribution in [0.5, 0.6) is 0 Å². The van der Waals surface area contributed by atoms with Crippen LogP contribution in [0.2, 0.25) is 0 Å². The van der Waals surface area contributed by atoms with Crippen LogP contribution < -0.4 is 4.90 Å². The molecule has 0 amide bonds. The fourth-order valence-corrected chi connectivity index (χ4v) is 2.38. The number of aliphatic carboxylic acids is 1. The van der Waals surface area contributed by atoms with Crippen molar-refractivity contribution in [2.75, 3.05) is 24.6 Å². The van der Waals surface area contributed by atoms with Gasteiger partial charge in [0, 0.05) is 25.5 Å². The van der Waals surface area contributed by atoms with E-state index in [1.54, 1.807) is 6.20 Å². The summed E-state index contributed by atoms with van der Waals surface area (Å²) in [6.45, 7) is 3.50. The van der Waals surface area contributed by atoms with E-state index >= 15 is 0 Å². The molecule has 0 aromatic carbocycles. The normalized spacial score (nSPS) is 19.4. The van der Waals surface area contributed by atoms with Crippen LogP contribution in [0.25, 0.3) is 5.65 Å². The van der Waals surface area contributed by atoms with Gasteiger partial charge in [-0.15, -0.1) is 10.2 Å². The van der Waals surface area contributed by atoms with Crippen molar-refractivity contribution in [3.8, 4) is 0 Å². The highest BCUT2D eigenvalue weighted by Crippen LogP contribution is 2.20. The maximum Gasteiger partial charge on any atom is 0.306 e. The number of aromatic nitrogens is 4. The van der Waals surface area contributed by atoms with Crippen LogP contribution in [-0.4, -0.2) is 56.5 Å². The van der Waals surface area contributed by atoms with Crippen molar-refractivity contribution < 1.29 is 14.6 Å². The van der Waals surface area contributed by atoms with Crippen LogP contribution in [0, 0.1) is 6.92 Å². The molecule has 1 N–H and O–H groups in total. The van der Waals surface area contributed by atoms with Crippen LogP contribution in [0.4, 0.5) is 5.82 Å². The topological polar surface area (TPSA) is 92.8 Å². The molecular formula is C12H15N5O3. The molecule has 1 atom stereocenters. The second-order valence-electron chi connectivity index (χ2n) is 4.73. The summed E-state index contributed by atoms with van der Waals surface area (Å²) in [5, 5.41) is 17.0. The number of anilines is 1. The number of carbonyl (C=O) groups is 1. The Hall–Kier alpha value is -2.22. The molecular weight excluding hydrogens is 262 g/mol. The van der Waals surface area contributed by atoms with Gasteiger partial charge in [0.05, 0.1) is 19.1 Å². The van der Waals surface area contributed by atoms with Crippen molar-refractivity contribution in [2.24, 2.45) is 0 Å². The number of rotatable bonds is 3. The van der Waals surface area contributed by atoms with Gasteiger partial charge in [-0.3, -0.25) is 9.20 Å². The van der Waals surface area contributed by atoms with Crippen LogP contribution in [-0.2, 0) is 9.53 Å². The Kier molecular flexibility index (Phi) is 3.23. The highest BCUT2D eigenvalue weighted by atomic mass is 16.5. The van der Waals surface area contributed by atoms with E-state index in [9.17, 15) is 4.79 Å². The van der Waals surface area contributed by atoms with Gasteiger partial charge < -0.3 is 14.7 Å². The number of carboxylic acids is 1. The first-order valence-corrected chi connectivity index (χ1v) is 6.40. The summed E-state index contributed by atoms with van der Waals surface area (Å²) < 4.78 is 7.33. The monoisotopic (exact) mass is 277 g/mol. The number of morpholine rings is 1. The summed E-state index contributed by atoms with van der Waals surface area (Å²) in [6, 6.07) is 0. The number of fused-ring (bicyclic) bond motifs is 1. The fraction of sp³-hybridized carbons (Fsp3) is 0.500. The van der Waals surface area contributed by atoms with E-state index in [4.69, 9.17) is 9.84 Å². The van der Waals surface area contributed by atoms with Gasteiger partial charge in [-0.05, 0) is 6.92 Å². The average molecular weight is 277 g/mol. The number of ether oxygens (including phenoxy) is 1. The standard InChI is InChI=1S/C12H15N5O3/c1-8-14-15-12-11(13-2-3-17(8)12)16-4-5-20-9(7-16)6-10(18)19/h2-3,9H,4-7H2,1H3,(H,18,19). The second kappa shape index (κ2) is 5.04. The first-order valence-electron chi connectivity index (χ1n) is 6.40. The van der Waals surface area contributed by atoms with E-state index < -0.39 is 5.97 Å². The molecule has 0 spiro atoms. The van der Waals surface area contributed by atoms with Gasteiger partial charge in [-0.25, -0.2) is 4.98 Å². The Morgan fingerprint density at radius 3 is 3.20 bits per heavy atom. The zero-order valence-corrected chi connectivity index (χ0v) is 11.1. The Morgan fingerprint density at radius 2 is 2.40 bits per heavy atom. The number of nitrogens with zero attached hydrogens (tertiary/aromatic N) is 5. The Morgan fingerprint density at radius 1 is 1.55 bits per heavy atom. The predicted molar refractivity (Wildman–Crippen MR) is 69.7 cm³/mol. The number of aryl methyl sites for hydroxylation is 1. The maximum absolute atomic E-state index is 10.8. The molecule has 3 rings (SSSR count). The van der Waals surface area contributed by atoms with Gasteiger partial charge in [0.15, 0.2) is 5.82 Å². The van der Waals surface area contributed by atoms with Crippen molar-refractivity contribution in [1.29, 1.82) is 0 Å². The third-order valence-electron chi connectivity index (χ3n) is 3.32. The molecule has 0 bridgehead atoms. The average Bonchev–Trinajstić information content (AvgIpc) is 2.80. The van der Waals surface area contributed by atoms with Crippen molar-refractivity contribution in [1.82, 2.24) is 19.6 Å². The van der Waals surface area contributed by atoms with Gasteiger partial charge in [0.2, 0.25) is 5.65 Å². The van der Waals surface area contributed by atoms with Gasteiger partial charge in [0.25, 0.3) is 0 Å². The summed E-state index contributed by atoms with van der Waals surface area (Å²) in [4.78, 5) is 17.1. The molecule has 1 saturated heterocycles. The molecule has 0 radical (unpaired) electrons. The molecule has 1 unspecified atom stereocenters. The lowest BCUT2D eigenvalue weighted by molar-refractivity contribution is -0.140. The first kappa shape index (κ1) is 12.8. The highest BCUT2D eigenvalue weighted by Gasteiger charge is 2.25. The third kappa shape index (κ3) is 2.29. The summed E-state index contributed by atoms with van der Waals surface area (Å²) in [5.41, 5.74) is 0.681. The molecule has 106 valence electrons. The van der Waals surface area contributed by atoms with E-state index in [2.05, 4.69) is 15.2 Å². The molecule has 1 aliphatic rings. The minimum absolute atomic E-state index is 0.00859. The molecule has 20 heavy (non-hydrogen) atoms. The summed E-state index contributed by atoms with van der Waals surface area (Å²) >= 11 is 0. The highest BCUT2D eigenvalue weighted by molar-refractivity contribution is 5.68. The zero-order chi connectivity index (χ0) is 14.1. The molecule has 8 nitrogen and oxygen atoms in total. The van der Waals surface area contributed by atoms with Crippen molar-refractivity contribution in [2.45, 2.75) is 19.4 Å². The third-order valence-corrected chi connectivity index (χ3v) is 3.32. The second-order valence-corrected chi connectivity index (χ2v) is 4.73. The summed E-state index contributed by atoms with van der Waals surface area (Å²) in [6.07, 6.45) is 3.17. The summed E-state index contributed by atoms with van der Waals surface area (Å²) in [5.74, 6) is 0.645. The summed E-state index contributed by atoms with van der Waals surface area (Å²) in [7, 11) is 0. The Balaban J connectivity index is 1.88. The molecule has 2 aromatic heterocycles. The maximum atomic E-state index is 10.8. The van der Waals surface area contributed by atoms with Crippen LogP contribution >= 0.6 is 0 Å². The lowest BCUT2D eigenvalue weighted by atomic mass is 10.2. The number of carboxylic acid groups (broad SMARTS) is 1. The largest absolute Gasteiger partial charge is 0.481 e. The molecule has 8 heteroatoms. The fourth-order valence-electron chi connectivity index (χ4n) is 2.38. The Labute approximate surface area is 115 Å². The lowest BCUT2D eigenvalue weighted by Crippen LogP contribution is -2.44. The van der Waals surface area contributed by atoms with Crippen LogP contribution in [0.3, 0.4) is 0 Å². The van der Waals surface area contributed by atoms with Gasteiger partial charge in [-0.1, -0.05) is 0 Å². The predicted octanol–water partition coefficient (Wildman–Crippen LogP) is 0.113. The molecule has 0 aliphatic carbocycles. The van der Waals surface area contributed by atoms with Gasteiger partial charge >= 0.3 is 5.97 Å². The van der Waals surface area contributed by atoms with Gasteiger partial charge in [-0.2, -0.15) is 0 Å². The van der Waals surface area contributed by atoms with Crippen LogP contribution in [0.15, 0.2) is 12.4 Å². The van der Waals surface area contributed by atoms with Crippen molar-refractivity contribution >= 4 is 17.4 Å². The molecule has 0 saturated carbocycles. The minimum Gasteiger partial charge on any atom is -0.481 e. The smallest absolute Gasteiger partial charge is 0.306 e. The van der Waals surface area contributed by atoms with E-state index in [1.807, 2.05) is 22.4 Å². The van der Waals surface area contributed by atoms with E-state index in [-0.39, 0.29) is 12.5 Å². The Bertz CT molecular complexity index is 641. The van der Waals surface area contributed by atoms with Gasteiger partial charge in [0.1, 0.15) is 5.82 Å². The van der Waals surface area contributed by atoms with Crippen molar-refractivity contribution in [3.63, 3.8) is 0 Å².